The summed E-state index contributed by atoms with van der Waals surface area (Å²) >= 11 is 0. The maximum atomic E-state index is 5.59. The number of fused-ring (bicyclic) bond motifs is 2. The van der Waals surface area contributed by atoms with E-state index in [4.69, 9.17) is 9.47 Å². The molecule has 5 nitrogen and oxygen atoms in total. The van der Waals surface area contributed by atoms with Gasteiger partial charge in [0.1, 0.15) is 11.9 Å². The van der Waals surface area contributed by atoms with E-state index in [9.17, 15) is 0 Å². The summed E-state index contributed by atoms with van der Waals surface area (Å²) in [6.45, 7) is 2.65. The molecule has 0 unspecified atom stereocenters. The Kier molecular flexibility index (Phi) is 2.16. The van der Waals surface area contributed by atoms with Crippen LogP contribution >= 0.6 is 0 Å². The molecular weight excluding hydrogens is 194 g/mol. The molecule has 0 aliphatic carbocycles. The van der Waals surface area contributed by atoms with Crippen molar-refractivity contribution in [3.63, 3.8) is 0 Å². The van der Waals surface area contributed by atoms with Gasteiger partial charge in [-0.05, 0) is 6.07 Å². The SMILES string of the molecule is c1cc(C23COCC(COC2)N3)ncn1. The lowest BCUT2D eigenvalue weighted by Crippen LogP contribution is -2.64. The first-order valence-corrected chi connectivity index (χ1v) is 5.09. The summed E-state index contributed by atoms with van der Waals surface area (Å²) < 4.78 is 11.2. The number of aromatic nitrogens is 2. The van der Waals surface area contributed by atoms with Gasteiger partial charge in [0.2, 0.25) is 0 Å². The van der Waals surface area contributed by atoms with Crippen molar-refractivity contribution in [3.8, 4) is 0 Å². The fourth-order valence-electron chi connectivity index (χ4n) is 2.19. The highest BCUT2D eigenvalue weighted by atomic mass is 16.5. The first-order valence-electron chi connectivity index (χ1n) is 5.09. The molecule has 3 heterocycles. The van der Waals surface area contributed by atoms with E-state index in [2.05, 4.69) is 15.3 Å². The highest BCUT2D eigenvalue weighted by Crippen LogP contribution is 2.27. The third-order valence-corrected chi connectivity index (χ3v) is 2.89. The van der Waals surface area contributed by atoms with Crippen LogP contribution in [0.1, 0.15) is 5.69 Å². The summed E-state index contributed by atoms with van der Waals surface area (Å²) in [5.41, 5.74) is 0.673. The molecule has 0 aromatic carbocycles. The van der Waals surface area contributed by atoms with Crippen molar-refractivity contribution in [2.24, 2.45) is 0 Å². The number of morpholine rings is 2. The zero-order valence-electron chi connectivity index (χ0n) is 8.35. The second-order valence-corrected chi connectivity index (χ2v) is 4.05. The van der Waals surface area contributed by atoms with E-state index >= 15 is 0 Å². The van der Waals surface area contributed by atoms with E-state index in [0.717, 1.165) is 5.69 Å². The zero-order valence-corrected chi connectivity index (χ0v) is 8.35. The number of nitrogens with one attached hydrogen (secondary N) is 1. The van der Waals surface area contributed by atoms with Gasteiger partial charge in [0, 0.05) is 6.20 Å². The van der Waals surface area contributed by atoms with Gasteiger partial charge in [-0.15, -0.1) is 0 Å². The molecular formula is C10H13N3O2. The first-order chi connectivity index (χ1) is 7.39. The van der Waals surface area contributed by atoms with Gasteiger partial charge in [0.25, 0.3) is 0 Å². The predicted molar refractivity (Wildman–Crippen MR) is 52.3 cm³/mol. The van der Waals surface area contributed by atoms with Crippen LogP contribution in [-0.4, -0.2) is 42.4 Å². The number of hydrogen-bond donors (Lipinski definition) is 1. The summed E-state index contributed by atoms with van der Waals surface area (Å²) in [6.07, 6.45) is 3.31. The molecule has 0 radical (unpaired) electrons. The van der Waals surface area contributed by atoms with E-state index in [1.54, 1.807) is 12.5 Å². The molecule has 5 heteroatoms. The molecule has 2 fully saturated rings. The fourth-order valence-corrected chi connectivity index (χ4v) is 2.19. The monoisotopic (exact) mass is 207 g/mol. The molecule has 3 rings (SSSR count). The minimum atomic E-state index is -0.274. The summed E-state index contributed by atoms with van der Waals surface area (Å²) in [6, 6.07) is 2.19. The predicted octanol–water partition coefficient (Wildman–Crippen LogP) is -0.310. The standard InChI is InChI=1S/C10H13N3O2/c1-2-11-7-12-9(1)10-5-14-3-8(13-10)4-15-6-10/h1-2,7-8,13H,3-6H2. The smallest absolute Gasteiger partial charge is 0.115 e. The Morgan fingerprint density at radius 3 is 2.80 bits per heavy atom. The molecule has 0 amide bonds. The number of ether oxygens (including phenoxy) is 2. The Labute approximate surface area is 87.8 Å². The summed E-state index contributed by atoms with van der Waals surface area (Å²) in [5.74, 6) is 0. The minimum Gasteiger partial charge on any atom is -0.377 e. The zero-order chi connectivity index (χ0) is 10.1. The third kappa shape index (κ3) is 1.52. The van der Waals surface area contributed by atoms with Gasteiger partial charge in [0.15, 0.2) is 0 Å². The van der Waals surface area contributed by atoms with Crippen LogP contribution in [0.15, 0.2) is 18.6 Å². The fraction of sp³-hybridized carbons (Fsp3) is 0.600. The Morgan fingerprint density at radius 1 is 1.33 bits per heavy atom. The number of hydrogen-bond acceptors (Lipinski definition) is 5. The normalized spacial score (nSPS) is 35.1. The molecule has 0 atom stereocenters. The van der Waals surface area contributed by atoms with Crippen molar-refractivity contribution in [1.82, 2.24) is 15.3 Å². The van der Waals surface area contributed by atoms with Gasteiger partial charge < -0.3 is 9.47 Å². The van der Waals surface area contributed by atoms with Crippen molar-refractivity contribution in [2.75, 3.05) is 26.4 Å². The first kappa shape index (κ1) is 9.21. The van der Waals surface area contributed by atoms with Gasteiger partial charge in [-0.2, -0.15) is 0 Å². The van der Waals surface area contributed by atoms with Crippen LogP contribution in [0.3, 0.4) is 0 Å². The van der Waals surface area contributed by atoms with Gasteiger partial charge in [-0.1, -0.05) is 0 Å². The maximum Gasteiger partial charge on any atom is 0.115 e. The van der Waals surface area contributed by atoms with Crippen molar-refractivity contribution in [1.29, 1.82) is 0 Å². The van der Waals surface area contributed by atoms with Crippen molar-refractivity contribution in [2.45, 2.75) is 11.6 Å². The Bertz CT molecular complexity index is 334. The lowest BCUT2D eigenvalue weighted by atomic mass is 9.92. The number of nitrogens with zero attached hydrogens (tertiary/aromatic N) is 2. The second-order valence-electron chi connectivity index (χ2n) is 4.05. The van der Waals surface area contributed by atoms with E-state index in [-0.39, 0.29) is 11.6 Å². The van der Waals surface area contributed by atoms with Crippen molar-refractivity contribution >= 4 is 0 Å². The molecule has 2 bridgehead atoms. The molecule has 1 aromatic heterocycles. The Balaban J connectivity index is 1.95. The summed E-state index contributed by atoms with van der Waals surface area (Å²) in [5, 5.41) is 3.54. The topological polar surface area (TPSA) is 56.3 Å². The van der Waals surface area contributed by atoms with Crippen LogP contribution in [-0.2, 0) is 15.0 Å². The lowest BCUT2D eigenvalue weighted by Gasteiger charge is -2.45. The maximum absolute atomic E-state index is 5.59. The molecule has 15 heavy (non-hydrogen) atoms. The molecule has 2 aliphatic rings. The summed E-state index contributed by atoms with van der Waals surface area (Å²) in [7, 11) is 0. The van der Waals surface area contributed by atoms with Gasteiger partial charge in [-0.3, -0.25) is 5.32 Å². The van der Waals surface area contributed by atoms with Crippen LogP contribution in [0, 0.1) is 0 Å². The highest BCUT2D eigenvalue weighted by molar-refractivity contribution is 5.17. The van der Waals surface area contributed by atoms with E-state index < -0.39 is 0 Å². The molecule has 1 N–H and O–H groups in total. The Morgan fingerprint density at radius 2 is 2.13 bits per heavy atom. The van der Waals surface area contributed by atoms with E-state index in [0.29, 0.717) is 26.4 Å². The van der Waals surface area contributed by atoms with E-state index in [1.165, 1.54) is 0 Å². The second kappa shape index (κ2) is 3.52. The molecule has 0 saturated carbocycles. The summed E-state index contributed by atoms with van der Waals surface area (Å²) in [4.78, 5) is 8.20. The van der Waals surface area contributed by atoms with Crippen LogP contribution in [0.5, 0.6) is 0 Å². The van der Waals surface area contributed by atoms with E-state index in [1.807, 2.05) is 6.07 Å². The molecule has 80 valence electrons. The quantitative estimate of drug-likeness (QED) is 0.684. The van der Waals surface area contributed by atoms with Gasteiger partial charge in [-0.25, -0.2) is 9.97 Å². The molecule has 2 aliphatic heterocycles. The average molecular weight is 207 g/mol. The largest absolute Gasteiger partial charge is 0.377 e. The highest BCUT2D eigenvalue weighted by Gasteiger charge is 2.42. The van der Waals surface area contributed by atoms with Crippen molar-refractivity contribution in [3.05, 3.63) is 24.3 Å². The molecule has 1 aromatic rings. The molecule has 2 saturated heterocycles. The minimum absolute atomic E-state index is 0.274. The van der Waals surface area contributed by atoms with Crippen LogP contribution in [0.4, 0.5) is 0 Å². The van der Waals surface area contributed by atoms with Crippen LogP contribution in [0.2, 0.25) is 0 Å². The van der Waals surface area contributed by atoms with Crippen LogP contribution in [0.25, 0.3) is 0 Å². The lowest BCUT2D eigenvalue weighted by molar-refractivity contribution is -0.106. The number of rotatable bonds is 1. The van der Waals surface area contributed by atoms with Gasteiger partial charge in [0.05, 0.1) is 38.2 Å². The van der Waals surface area contributed by atoms with Gasteiger partial charge >= 0.3 is 0 Å². The van der Waals surface area contributed by atoms with Crippen LogP contribution < -0.4 is 5.32 Å². The third-order valence-electron chi connectivity index (χ3n) is 2.89. The van der Waals surface area contributed by atoms with Crippen molar-refractivity contribution < 1.29 is 9.47 Å². The Hall–Kier alpha value is -1.04. The molecule has 0 spiro atoms. The average Bonchev–Trinajstić information content (AvgIpc) is 2.30.